The quantitative estimate of drug-likeness (QED) is 0.364. The lowest BCUT2D eigenvalue weighted by atomic mass is 10.1. The highest BCUT2D eigenvalue weighted by Gasteiger charge is 2.45. The number of aliphatic hydroxyl groups excluding tert-OH is 2. The van der Waals surface area contributed by atoms with Crippen molar-refractivity contribution in [3.8, 4) is 0 Å². The minimum Gasteiger partial charge on any atom is -0.387 e. The molecule has 0 aromatic carbocycles. The first-order valence-corrected chi connectivity index (χ1v) is 8.34. The fourth-order valence-corrected chi connectivity index (χ4v) is 2.62. The van der Waals surface area contributed by atoms with Crippen LogP contribution in [0.4, 0.5) is 0 Å². The number of aromatic nitrogens is 2. The maximum Gasteiger partial charge on any atom is 0.344 e. The van der Waals surface area contributed by atoms with Crippen LogP contribution in [0.2, 0.25) is 0 Å². The molecule has 0 bridgehead atoms. The van der Waals surface area contributed by atoms with Gasteiger partial charge in [0.05, 0.1) is 6.61 Å². The smallest absolute Gasteiger partial charge is 0.344 e. The SMILES string of the molecule is CC(N)P(=O)(O)OC[C@H]1O[C@@H](n2ccc(=O)[nH]c2=O)[C@H](O)[C@@H]1O. The standard InChI is InChI=1S/C11H18N3O8P/c1-5(12)23(19,20)21-4-6-8(16)9(17)10(22-6)14-3-2-7(15)13-11(14)18/h2-3,5-6,8-10,16-17H,4,12H2,1H3,(H,19,20)(H,13,15,18)/t5?,6-,8-,9-,10-/m1/s1. The van der Waals surface area contributed by atoms with E-state index in [0.717, 1.165) is 16.8 Å². The summed E-state index contributed by atoms with van der Waals surface area (Å²) in [5.74, 6) is -1.14. The third-order valence-corrected chi connectivity index (χ3v) is 4.95. The molecule has 11 nitrogen and oxygen atoms in total. The van der Waals surface area contributed by atoms with E-state index in [2.05, 4.69) is 0 Å². The molecule has 2 rings (SSSR count). The van der Waals surface area contributed by atoms with Crippen molar-refractivity contribution in [3.05, 3.63) is 33.1 Å². The molecule has 0 spiro atoms. The molecule has 0 amide bonds. The van der Waals surface area contributed by atoms with E-state index in [1.807, 2.05) is 4.98 Å². The Labute approximate surface area is 129 Å². The maximum absolute atomic E-state index is 11.7. The Morgan fingerprint density at radius 3 is 2.70 bits per heavy atom. The van der Waals surface area contributed by atoms with Gasteiger partial charge in [-0.15, -0.1) is 0 Å². The Hall–Kier alpha value is -1.33. The van der Waals surface area contributed by atoms with Crippen LogP contribution in [-0.4, -0.2) is 55.4 Å². The van der Waals surface area contributed by atoms with Crippen molar-refractivity contribution in [1.29, 1.82) is 0 Å². The van der Waals surface area contributed by atoms with Gasteiger partial charge < -0.3 is 30.1 Å². The number of hydrogen-bond acceptors (Lipinski definition) is 8. The van der Waals surface area contributed by atoms with Crippen LogP contribution < -0.4 is 17.0 Å². The van der Waals surface area contributed by atoms with Crippen LogP contribution in [0, 0.1) is 0 Å². The van der Waals surface area contributed by atoms with Gasteiger partial charge in [-0.05, 0) is 6.92 Å². The average Bonchev–Trinajstić information content (AvgIpc) is 2.73. The van der Waals surface area contributed by atoms with Gasteiger partial charge in [0.15, 0.2) is 6.23 Å². The number of rotatable bonds is 5. The molecule has 0 aliphatic carbocycles. The van der Waals surface area contributed by atoms with Crippen LogP contribution in [0.25, 0.3) is 0 Å². The first-order valence-electron chi connectivity index (χ1n) is 6.69. The maximum atomic E-state index is 11.7. The summed E-state index contributed by atoms with van der Waals surface area (Å²) in [4.78, 5) is 34.2. The van der Waals surface area contributed by atoms with Crippen molar-refractivity contribution in [2.75, 3.05) is 6.61 Å². The normalized spacial score (nSPS) is 31.7. The highest BCUT2D eigenvalue weighted by Crippen LogP contribution is 2.45. The highest BCUT2D eigenvalue weighted by molar-refractivity contribution is 7.53. The minimum absolute atomic E-state index is 0.512. The molecule has 130 valence electrons. The van der Waals surface area contributed by atoms with Crippen LogP contribution in [-0.2, 0) is 13.8 Å². The van der Waals surface area contributed by atoms with Crippen LogP contribution in [0.5, 0.6) is 0 Å². The molecule has 1 fully saturated rings. The second kappa shape index (κ2) is 6.65. The van der Waals surface area contributed by atoms with Crippen LogP contribution in [0.3, 0.4) is 0 Å². The topological polar surface area (TPSA) is 177 Å². The molecule has 1 aliphatic rings. The zero-order valence-corrected chi connectivity index (χ0v) is 13.0. The molecule has 12 heteroatoms. The van der Waals surface area contributed by atoms with E-state index in [4.69, 9.17) is 15.0 Å². The van der Waals surface area contributed by atoms with E-state index in [9.17, 15) is 29.3 Å². The number of hydrogen-bond donors (Lipinski definition) is 5. The van der Waals surface area contributed by atoms with Gasteiger partial charge in [-0.2, -0.15) is 0 Å². The van der Waals surface area contributed by atoms with E-state index < -0.39 is 55.8 Å². The number of H-pyrrole nitrogens is 1. The summed E-state index contributed by atoms with van der Waals surface area (Å²) in [6.07, 6.45) is -4.30. The molecule has 1 aromatic heterocycles. The lowest BCUT2D eigenvalue weighted by molar-refractivity contribution is -0.0527. The predicted molar refractivity (Wildman–Crippen MR) is 76.7 cm³/mol. The molecule has 1 aliphatic heterocycles. The van der Waals surface area contributed by atoms with Gasteiger partial charge in [0, 0.05) is 12.3 Å². The van der Waals surface area contributed by atoms with Crippen molar-refractivity contribution < 1.29 is 28.9 Å². The first kappa shape index (κ1) is 18.0. The van der Waals surface area contributed by atoms with Crippen molar-refractivity contribution >= 4 is 7.60 Å². The Balaban J connectivity index is 2.14. The van der Waals surface area contributed by atoms with Gasteiger partial charge in [-0.1, -0.05) is 0 Å². The summed E-state index contributed by atoms with van der Waals surface area (Å²) >= 11 is 0. The summed E-state index contributed by atoms with van der Waals surface area (Å²) in [6, 6.07) is 1.05. The summed E-state index contributed by atoms with van der Waals surface area (Å²) in [6.45, 7) is 0.770. The second-order valence-corrected chi connectivity index (χ2v) is 7.37. The number of nitrogens with two attached hydrogens (primary N) is 1. The fourth-order valence-electron chi connectivity index (χ4n) is 2.02. The molecule has 1 saturated heterocycles. The Bertz CT molecular complexity index is 716. The molecule has 6 atom stereocenters. The van der Waals surface area contributed by atoms with Crippen molar-refractivity contribution in [1.82, 2.24) is 9.55 Å². The van der Waals surface area contributed by atoms with E-state index >= 15 is 0 Å². The number of nitrogens with zero attached hydrogens (tertiary/aromatic N) is 1. The van der Waals surface area contributed by atoms with Gasteiger partial charge in [-0.25, -0.2) is 4.79 Å². The molecule has 0 saturated carbocycles. The summed E-state index contributed by atoms with van der Waals surface area (Å²) in [5.41, 5.74) is 3.84. The molecule has 23 heavy (non-hydrogen) atoms. The molecular weight excluding hydrogens is 333 g/mol. The summed E-state index contributed by atoms with van der Waals surface area (Å²) in [5, 5.41) is 19.9. The molecular formula is C11H18N3O8P. The molecule has 0 radical (unpaired) electrons. The van der Waals surface area contributed by atoms with Crippen molar-refractivity contribution in [2.24, 2.45) is 5.73 Å². The summed E-state index contributed by atoms with van der Waals surface area (Å²) < 4.78 is 22.6. The zero-order valence-electron chi connectivity index (χ0n) is 12.1. The number of ether oxygens (including phenoxy) is 1. The lowest BCUT2D eigenvalue weighted by Gasteiger charge is -2.19. The van der Waals surface area contributed by atoms with Gasteiger partial charge in [0.1, 0.15) is 24.1 Å². The monoisotopic (exact) mass is 351 g/mol. The van der Waals surface area contributed by atoms with Crippen LogP contribution >= 0.6 is 7.60 Å². The lowest BCUT2D eigenvalue weighted by Crippen LogP contribution is -2.37. The van der Waals surface area contributed by atoms with Crippen LogP contribution in [0.1, 0.15) is 13.2 Å². The average molecular weight is 351 g/mol. The number of nitrogens with one attached hydrogen (secondary N) is 1. The van der Waals surface area contributed by atoms with Gasteiger partial charge >= 0.3 is 13.3 Å². The summed E-state index contributed by atoms with van der Waals surface area (Å²) in [7, 11) is -4.08. The third-order valence-electron chi connectivity index (χ3n) is 3.40. The Kier molecular flexibility index (Phi) is 5.21. The Morgan fingerprint density at radius 2 is 2.13 bits per heavy atom. The minimum atomic E-state index is -4.08. The molecule has 2 unspecified atom stereocenters. The molecule has 1 aromatic rings. The molecule has 2 heterocycles. The second-order valence-electron chi connectivity index (χ2n) is 5.16. The number of aromatic amines is 1. The van der Waals surface area contributed by atoms with E-state index in [1.165, 1.54) is 6.92 Å². The molecule has 6 N–H and O–H groups in total. The fraction of sp³-hybridized carbons (Fsp3) is 0.636. The Morgan fingerprint density at radius 1 is 1.48 bits per heavy atom. The highest BCUT2D eigenvalue weighted by atomic mass is 31.2. The largest absolute Gasteiger partial charge is 0.387 e. The first-order chi connectivity index (χ1) is 10.6. The van der Waals surface area contributed by atoms with Crippen molar-refractivity contribution in [3.63, 3.8) is 0 Å². The zero-order chi connectivity index (χ0) is 17.4. The van der Waals surface area contributed by atoms with E-state index in [1.54, 1.807) is 0 Å². The number of aliphatic hydroxyl groups is 2. The van der Waals surface area contributed by atoms with Gasteiger partial charge in [0.25, 0.3) is 5.56 Å². The van der Waals surface area contributed by atoms with Crippen molar-refractivity contribution in [2.45, 2.75) is 37.2 Å². The van der Waals surface area contributed by atoms with Crippen LogP contribution in [0.15, 0.2) is 21.9 Å². The third kappa shape index (κ3) is 3.78. The van der Waals surface area contributed by atoms with Gasteiger partial charge in [-0.3, -0.25) is 18.9 Å². The van der Waals surface area contributed by atoms with Gasteiger partial charge in [0.2, 0.25) is 0 Å². The van der Waals surface area contributed by atoms with E-state index in [0.29, 0.717) is 0 Å². The predicted octanol–water partition coefficient (Wildman–Crippen LogP) is -2.34. The van der Waals surface area contributed by atoms with E-state index in [-0.39, 0.29) is 0 Å².